The number of rotatable bonds is 3. The monoisotopic (exact) mass is 253 g/mol. The number of nitrogens with one attached hydrogen (secondary N) is 1. The van der Waals surface area contributed by atoms with E-state index in [0.29, 0.717) is 0 Å². The van der Waals surface area contributed by atoms with E-state index in [1.807, 2.05) is 32.0 Å². The van der Waals surface area contributed by atoms with Crippen molar-refractivity contribution in [3.8, 4) is 11.3 Å². The maximum absolute atomic E-state index is 6.09. The van der Waals surface area contributed by atoms with Crippen LogP contribution < -0.4 is 5.32 Å². The fraction of sp³-hybridized carbons (Fsp3) is 0.273. The molecule has 0 spiro atoms. The van der Waals surface area contributed by atoms with Crippen molar-refractivity contribution in [3.05, 3.63) is 28.8 Å². The summed E-state index contributed by atoms with van der Waals surface area (Å²) >= 11 is 7.30. The Morgan fingerprint density at radius 1 is 1.38 bits per heavy atom. The highest BCUT2D eigenvalue weighted by atomic mass is 35.5. The van der Waals surface area contributed by atoms with Gasteiger partial charge in [-0.2, -0.15) is 8.75 Å². The minimum absolute atomic E-state index is 0.757. The van der Waals surface area contributed by atoms with E-state index < -0.39 is 0 Å². The SMILES string of the molecule is CCNc1nsnc1-c1ccc(C)c(Cl)c1. The van der Waals surface area contributed by atoms with Crippen LogP contribution in [0.4, 0.5) is 5.82 Å². The van der Waals surface area contributed by atoms with Crippen LogP contribution in [-0.2, 0) is 0 Å². The molecule has 5 heteroatoms. The lowest BCUT2D eigenvalue weighted by Crippen LogP contribution is -1.98. The Bertz CT molecular complexity index is 496. The molecule has 0 saturated heterocycles. The summed E-state index contributed by atoms with van der Waals surface area (Å²) in [5.74, 6) is 0.826. The molecule has 0 amide bonds. The molecule has 2 rings (SSSR count). The van der Waals surface area contributed by atoms with Gasteiger partial charge in [0, 0.05) is 17.1 Å². The van der Waals surface area contributed by atoms with Gasteiger partial charge in [-0.25, -0.2) is 0 Å². The van der Waals surface area contributed by atoms with E-state index in [9.17, 15) is 0 Å². The van der Waals surface area contributed by atoms with Crippen molar-refractivity contribution in [3.63, 3.8) is 0 Å². The smallest absolute Gasteiger partial charge is 0.168 e. The topological polar surface area (TPSA) is 37.8 Å². The van der Waals surface area contributed by atoms with Crippen LogP contribution in [0.1, 0.15) is 12.5 Å². The molecule has 0 unspecified atom stereocenters. The second-order valence-electron chi connectivity index (χ2n) is 3.46. The molecule has 0 aliphatic rings. The molecule has 2 aromatic rings. The molecular formula is C11H12ClN3S. The van der Waals surface area contributed by atoms with Crippen LogP contribution in [0.2, 0.25) is 5.02 Å². The lowest BCUT2D eigenvalue weighted by Gasteiger charge is -2.04. The van der Waals surface area contributed by atoms with E-state index in [4.69, 9.17) is 11.6 Å². The number of hydrogen-bond acceptors (Lipinski definition) is 4. The second-order valence-corrected chi connectivity index (χ2v) is 4.39. The first kappa shape index (κ1) is 11.4. The Morgan fingerprint density at radius 2 is 2.19 bits per heavy atom. The van der Waals surface area contributed by atoms with Crippen LogP contribution >= 0.6 is 23.3 Å². The first-order valence-corrected chi connectivity index (χ1v) is 6.16. The molecule has 0 radical (unpaired) electrons. The van der Waals surface area contributed by atoms with Gasteiger partial charge in [0.05, 0.1) is 11.7 Å². The lowest BCUT2D eigenvalue weighted by molar-refractivity contribution is 1.19. The Balaban J connectivity index is 2.42. The van der Waals surface area contributed by atoms with Gasteiger partial charge in [-0.1, -0.05) is 23.7 Å². The Morgan fingerprint density at radius 3 is 2.88 bits per heavy atom. The maximum atomic E-state index is 6.09. The molecule has 0 atom stereocenters. The fourth-order valence-corrected chi connectivity index (χ4v) is 2.13. The standard InChI is InChI=1S/C11H12ClN3S/c1-3-13-11-10(14-16-15-11)8-5-4-7(2)9(12)6-8/h4-6H,3H2,1-2H3,(H,13,15). The van der Waals surface area contributed by atoms with Gasteiger partial charge in [0.15, 0.2) is 5.82 Å². The third-order valence-electron chi connectivity index (χ3n) is 2.28. The van der Waals surface area contributed by atoms with E-state index >= 15 is 0 Å². The highest BCUT2D eigenvalue weighted by Gasteiger charge is 2.10. The van der Waals surface area contributed by atoms with Gasteiger partial charge in [-0.05, 0) is 25.5 Å². The molecule has 1 aromatic heterocycles. The van der Waals surface area contributed by atoms with E-state index in [2.05, 4.69) is 14.1 Å². The molecule has 16 heavy (non-hydrogen) atoms. The number of aromatic nitrogens is 2. The molecule has 3 nitrogen and oxygen atoms in total. The zero-order chi connectivity index (χ0) is 11.5. The molecule has 84 valence electrons. The molecule has 0 aliphatic heterocycles. The van der Waals surface area contributed by atoms with Crippen molar-refractivity contribution in [2.24, 2.45) is 0 Å². The summed E-state index contributed by atoms with van der Waals surface area (Å²) < 4.78 is 8.50. The zero-order valence-electron chi connectivity index (χ0n) is 9.12. The summed E-state index contributed by atoms with van der Waals surface area (Å²) in [6, 6.07) is 5.93. The molecule has 0 bridgehead atoms. The molecule has 0 fully saturated rings. The molecule has 0 aliphatic carbocycles. The van der Waals surface area contributed by atoms with E-state index in [1.165, 1.54) is 11.7 Å². The van der Waals surface area contributed by atoms with E-state index in [0.717, 1.165) is 34.2 Å². The normalized spacial score (nSPS) is 10.4. The highest BCUT2D eigenvalue weighted by molar-refractivity contribution is 6.99. The van der Waals surface area contributed by atoms with Gasteiger partial charge in [0.1, 0.15) is 5.69 Å². The van der Waals surface area contributed by atoms with Gasteiger partial charge in [-0.15, -0.1) is 0 Å². The fourth-order valence-electron chi connectivity index (χ4n) is 1.40. The molecule has 1 N–H and O–H groups in total. The van der Waals surface area contributed by atoms with Gasteiger partial charge in [0.25, 0.3) is 0 Å². The molecule has 1 aromatic carbocycles. The summed E-state index contributed by atoms with van der Waals surface area (Å²) in [7, 11) is 0. The van der Waals surface area contributed by atoms with Crippen molar-refractivity contribution in [1.29, 1.82) is 0 Å². The van der Waals surface area contributed by atoms with Crippen molar-refractivity contribution >= 4 is 29.1 Å². The Labute approximate surface area is 104 Å². The summed E-state index contributed by atoms with van der Waals surface area (Å²) in [6.45, 7) is 4.85. The van der Waals surface area contributed by atoms with Crippen LogP contribution in [0.5, 0.6) is 0 Å². The maximum Gasteiger partial charge on any atom is 0.168 e. The average molecular weight is 254 g/mol. The quantitative estimate of drug-likeness (QED) is 0.908. The first-order valence-electron chi connectivity index (χ1n) is 5.05. The zero-order valence-corrected chi connectivity index (χ0v) is 10.7. The third kappa shape index (κ3) is 2.18. The Hall–Kier alpha value is -1.13. The van der Waals surface area contributed by atoms with Crippen molar-refractivity contribution < 1.29 is 0 Å². The van der Waals surface area contributed by atoms with E-state index in [1.54, 1.807) is 0 Å². The predicted octanol–water partition coefficient (Wildman–Crippen LogP) is 3.60. The van der Waals surface area contributed by atoms with Crippen molar-refractivity contribution in [1.82, 2.24) is 8.75 Å². The molecular weight excluding hydrogens is 242 g/mol. The van der Waals surface area contributed by atoms with Crippen LogP contribution in [0, 0.1) is 6.92 Å². The number of halogens is 1. The van der Waals surface area contributed by atoms with Gasteiger partial charge >= 0.3 is 0 Å². The number of anilines is 1. The second kappa shape index (κ2) is 4.80. The highest BCUT2D eigenvalue weighted by Crippen LogP contribution is 2.29. The van der Waals surface area contributed by atoms with E-state index in [-0.39, 0.29) is 0 Å². The van der Waals surface area contributed by atoms with Crippen LogP contribution in [-0.4, -0.2) is 15.3 Å². The lowest BCUT2D eigenvalue weighted by atomic mass is 10.1. The number of benzene rings is 1. The van der Waals surface area contributed by atoms with Gasteiger partial charge in [0.2, 0.25) is 0 Å². The third-order valence-corrected chi connectivity index (χ3v) is 3.21. The van der Waals surface area contributed by atoms with Crippen molar-refractivity contribution in [2.75, 3.05) is 11.9 Å². The molecule has 1 heterocycles. The summed E-state index contributed by atoms with van der Waals surface area (Å²) in [5, 5.41) is 3.94. The predicted molar refractivity (Wildman–Crippen MR) is 69.3 cm³/mol. The minimum Gasteiger partial charge on any atom is -0.368 e. The first-order chi connectivity index (χ1) is 7.72. The van der Waals surface area contributed by atoms with Gasteiger partial charge in [-0.3, -0.25) is 0 Å². The van der Waals surface area contributed by atoms with Crippen LogP contribution in [0.15, 0.2) is 18.2 Å². The number of aryl methyl sites for hydroxylation is 1. The summed E-state index contributed by atoms with van der Waals surface area (Å²) in [4.78, 5) is 0. The average Bonchev–Trinajstić information content (AvgIpc) is 2.71. The number of nitrogens with zero attached hydrogens (tertiary/aromatic N) is 2. The number of hydrogen-bond donors (Lipinski definition) is 1. The van der Waals surface area contributed by atoms with Crippen molar-refractivity contribution in [2.45, 2.75) is 13.8 Å². The molecule has 0 saturated carbocycles. The largest absolute Gasteiger partial charge is 0.368 e. The van der Waals surface area contributed by atoms with Gasteiger partial charge < -0.3 is 5.32 Å². The summed E-state index contributed by atoms with van der Waals surface area (Å²) in [5.41, 5.74) is 2.94. The Kier molecular flexibility index (Phi) is 3.41. The van der Waals surface area contributed by atoms with Crippen LogP contribution in [0.25, 0.3) is 11.3 Å². The summed E-state index contributed by atoms with van der Waals surface area (Å²) in [6.07, 6.45) is 0. The minimum atomic E-state index is 0.757. The van der Waals surface area contributed by atoms with Crippen LogP contribution in [0.3, 0.4) is 0 Å².